The normalized spacial score (nSPS) is 18.3. The van der Waals surface area contributed by atoms with Gasteiger partial charge in [0.05, 0.1) is 4.88 Å². The van der Waals surface area contributed by atoms with Gasteiger partial charge >= 0.3 is 0 Å². The third kappa shape index (κ3) is 4.05. The number of piperidine rings is 1. The van der Waals surface area contributed by atoms with Gasteiger partial charge in [-0.2, -0.15) is 0 Å². The smallest absolute Gasteiger partial charge is 0.265 e. The minimum Gasteiger partial charge on any atom is -0.358 e. The van der Waals surface area contributed by atoms with Crippen molar-refractivity contribution in [3.05, 3.63) is 50.2 Å². The van der Waals surface area contributed by atoms with Crippen LogP contribution in [0.25, 0.3) is 0 Å². The molecule has 0 saturated carbocycles. The number of thiocarbonyl (C=S) groups is 1. The molecule has 4 rings (SSSR count). The third-order valence-electron chi connectivity index (χ3n) is 5.22. The number of aryl methyl sites for hydroxylation is 1. The van der Waals surface area contributed by atoms with Crippen molar-refractivity contribution >= 4 is 63.7 Å². The molecular weight excluding hydrogens is 444 g/mol. The van der Waals surface area contributed by atoms with Gasteiger partial charge in [0, 0.05) is 35.8 Å². The third-order valence-corrected chi connectivity index (χ3v) is 6.93. The molecule has 1 atom stereocenters. The first-order chi connectivity index (χ1) is 14.3. The van der Waals surface area contributed by atoms with Gasteiger partial charge in [0.1, 0.15) is 6.04 Å². The number of nitrogens with zero attached hydrogens (tertiary/aromatic N) is 1. The van der Waals surface area contributed by atoms with Crippen molar-refractivity contribution in [3.63, 3.8) is 0 Å². The summed E-state index contributed by atoms with van der Waals surface area (Å²) in [6, 6.07) is 5.01. The largest absolute Gasteiger partial charge is 0.358 e. The second-order valence-electron chi connectivity index (χ2n) is 7.24. The number of carbonyl (C=O) groups excluding carboxylic acids is 3. The lowest BCUT2D eigenvalue weighted by Gasteiger charge is -2.29. The number of anilines is 1. The van der Waals surface area contributed by atoms with E-state index >= 15 is 0 Å². The average Bonchev–Trinajstić information content (AvgIpc) is 3.23. The number of imide groups is 1. The quantitative estimate of drug-likeness (QED) is 0.478. The molecule has 3 amide bonds. The summed E-state index contributed by atoms with van der Waals surface area (Å²) in [6.45, 7) is 2.74. The fourth-order valence-corrected chi connectivity index (χ4v) is 4.96. The highest BCUT2D eigenvalue weighted by molar-refractivity contribution is 7.80. The number of halogens is 1. The standard InChI is InChI=1S/C20H19ClN4O3S2/c1-10-2-3-12(6-14(10)21)23-20(29)22-7-11-9-30-17-13(11)8-25(19(17)28)15-4-5-16(26)24-18(15)27/h2-3,6,9,15H,4-5,7-8H2,1H3,(H2,22,23,29)(H,24,26,27). The maximum Gasteiger partial charge on any atom is 0.265 e. The maximum absolute atomic E-state index is 12.8. The van der Waals surface area contributed by atoms with Crippen LogP contribution in [0.1, 0.15) is 39.2 Å². The highest BCUT2D eigenvalue weighted by Gasteiger charge is 2.40. The molecule has 1 unspecified atom stereocenters. The molecule has 1 aromatic carbocycles. The van der Waals surface area contributed by atoms with Crippen LogP contribution in [0.5, 0.6) is 0 Å². The summed E-state index contributed by atoms with van der Waals surface area (Å²) in [4.78, 5) is 38.5. The predicted molar refractivity (Wildman–Crippen MR) is 120 cm³/mol. The Morgan fingerprint density at radius 1 is 1.37 bits per heavy atom. The molecule has 3 N–H and O–H groups in total. The van der Waals surface area contributed by atoms with Gasteiger partial charge in [0.2, 0.25) is 11.8 Å². The fraction of sp³-hybridized carbons (Fsp3) is 0.300. The monoisotopic (exact) mass is 462 g/mol. The highest BCUT2D eigenvalue weighted by Crippen LogP contribution is 2.34. The first kappa shape index (κ1) is 20.8. The summed E-state index contributed by atoms with van der Waals surface area (Å²) >= 11 is 12.9. The summed E-state index contributed by atoms with van der Waals surface area (Å²) in [5.74, 6) is -0.860. The van der Waals surface area contributed by atoms with Crippen LogP contribution in [0.2, 0.25) is 5.02 Å². The van der Waals surface area contributed by atoms with E-state index in [0.717, 1.165) is 22.4 Å². The molecule has 1 fully saturated rings. The van der Waals surface area contributed by atoms with Crippen LogP contribution in [0.4, 0.5) is 5.69 Å². The molecule has 2 aromatic rings. The lowest BCUT2D eigenvalue weighted by atomic mass is 10.0. The van der Waals surface area contributed by atoms with Crippen LogP contribution in [-0.4, -0.2) is 33.8 Å². The molecular formula is C20H19ClN4O3S2. The summed E-state index contributed by atoms with van der Waals surface area (Å²) in [7, 11) is 0. The topological polar surface area (TPSA) is 90.5 Å². The Morgan fingerprint density at radius 3 is 2.90 bits per heavy atom. The number of nitrogens with one attached hydrogen (secondary N) is 3. The summed E-state index contributed by atoms with van der Waals surface area (Å²) < 4.78 is 0. The number of rotatable bonds is 4. The van der Waals surface area contributed by atoms with E-state index in [1.165, 1.54) is 11.3 Å². The van der Waals surface area contributed by atoms with E-state index in [2.05, 4.69) is 16.0 Å². The fourth-order valence-electron chi connectivity index (χ4n) is 3.54. The Labute approximate surface area is 187 Å². The van der Waals surface area contributed by atoms with E-state index in [4.69, 9.17) is 23.8 Å². The van der Waals surface area contributed by atoms with E-state index in [9.17, 15) is 14.4 Å². The molecule has 1 aromatic heterocycles. The molecule has 0 aliphatic carbocycles. The van der Waals surface area contributed by atoms with Crippen LogP contribution >= 0.6 is 35.2 Å². The van der Waals surface area contributed by atoms with Gasteiger partial charge in [-0.1, -0.05) is 17.7 Å². The first-order valence-corrected chi connectivity index (χ1v) is 11.0. The van der Waals surface area contributed by atoms with E-state index < -0.39 is 11.9 Å². The highest BCUT2D eigenvalue weighted by atomic mass is 35.5. The SMILES string of the molecule is Cc1ccc(NC(=S)NCc2csc3c2CN(C2CCC(=O)NC2=O)C3=O)cc1Cl. The molecule has 30 heavy (non-hydrogen) atoms. The summed E-state index contributed by atoms with van der Waals surface area (Å²) in [5.41, 5.74) is 3.64. The second-order valence-corrected chi connectivity index (χ2v) is 8.94. The number of hydrogen-bond donors (Lipinski definition) is 3. The van der Waals surface area contributed by atoms with Crippen molar-refractivity contribution in [1.82, 2.24) is 15.5 Å². The Hall–Kier alpha value is -2.49. The Balaban J connectivity index is 1.39. The molecule has 0 bridgehead atoms. The van der Waals surface area contributed by atoms with Gasteiger partial charge in [-0.3, -0.25) is 19.7 Å². The van der Waals surface area contributed by atoms with E-state index in [1.54, 1.807) is 4.90 Å². The first-order valence-electron chi connectivity index (χ1n) is 9.38. The van der Waals surface area contributed by atoms with Crippen LogP contribution in [0.15, 0.2) is 23.6 Å². The van der Waals surface area contributed by atoms with Crippen molar-refractivity contribution in [2.24, 2.45) is 0 Å². The van der Waals surface area contributed by atoms with E-state index in [0.29, 0.717) is 34.5 Å². The maximum atomic E-state index is 12.8. The minimum absolute atomic E-state index is 0.161. The number of benzene rings is 1. The number of thiophene rings is 1. The van der Waals surface area contributed by atoms with Crippen LogP contribution in [-0.2, 0) is 22.7 Å². The molecule has 0 spiro atoms. The van der Waals surface area contributed by atoms with Crippen LogP contribution < -0.4 is 16.0 Å². The van der Waals surface area contributed by atoms with E-state index in [-0.39, 0.29) is 18.2 Å². The zero-order chi connectivity index (χ0) is 21.4. The zero-order valence-corrected chi connectivity index (χ0v) is 18.5. The zero-order valence-electron chi connectivity index (χ0n) is 16.1. The average molecular weight is 463 g/mol. The van der Waals surface area contributed by atoms with Gasteiger partial charge in [-0.25, -0.2) is 0 Å². The van der Waals surface area contributed by atoms with Crippen molar-refractivity contribution in [2.75, 3.05) is 5.32 Å². The van der Waals surface area contributed by atoms with Crippen molar-refractivity contribution in [3.8, 4) is 0 Å². The Bertz CT molecular complexity index is 1070. The van der Waals surface area contributed by atoms with Crippen LogP contribution in [0.3, 0.4) is 0 Å². The molecule has 7 nitrogen and oxygen atoms in total. The van der Waals surface area contributed by atoms with Gasteiger partial charge in [0.15, 0.2) is 5.11 Å². The lowest BCUT2D eigenvalue weighted by molar-refractivity contribution is -0.136. The van der Waals surface area contributed by atoms with Crippen LogP contribution in [0, 0.1) is 6.92 Å². The molecule has 156 valence electrons. The Morgan fingerprint density at radius 2 is 2.17 bits per heavy atom. The lowest BCUT2D eigenvalue weighted by Crippen LogP contribution is -2.52. The second kappa shape index (κ2) is 8.33. The molecule has 1 saturated heterocycles. The summed E-state index contributed by atoms with van der Waals surface area (Å²) in [5, 5.41) is 11.6. The van der Waals surface area contributed by atoms with E-state index in [1.807, 2.05) is 30.5 Å². The van der Waals surface area contributed by atoms with Gasteiger partial charge in [-0.05, 0) is 54.2 Å². The predicted octanol–water partition coefficient (Wildman–Crippen LogP) is 2.96. The number of amides is 3. The summed E-state index contributed by atoms with van der Waals surface area (Å²) in [6.07, 6.45) is 0.595. The Kier molecular flexibility index (Phi) is 5.77. The molecule has 0 radical (unpaired) electrons. The van der Waals surface area contributed by atoms with Crippen molar-refractivity contribution in [1.29, 1.82) is 0 Å². The minimum atomic E-state index is -0.607. The van der Waals surface area contributed by atoms with Crippen molar-refractivity contribution < 1.29 is 14.4 Å². The number of hydrogen-bond acceptors (Lipinski definition) is 5. The molecule has 3 heterocycles. The molecule has 10 heteroatoms. The molecule has 2 aliphatic rings. The number of carbonyl (C=O) groups is 3. The van der Waals surface area contributed by atoms with Gasteiger partial charge in [0.25, 0.3) is 5.91 Å². The van der Waals surface area contributed by atoms with Gasteiger partial charge < -0.3 is 15.5 Å². The van der Waals surface area contributed by atoms with Crippen molar-refractivity contribution in [2.45, 2.75) is 38.9 Å². The molecule has 2 aliphatic heterocycles. The van der Waals surface area contributed by atoms with Gasteiger partial charge in [-0.15, -0.1) is 11.3 Å². The number of fused-ring (bicyclic) bond motifs is 1.